The molecule has 6 heteroatoms. The molecule has 0 saturated carbocycles. The maximum atomic E-state index is 12.0. The zero-order chi connectivity index (χ0) is 14.6. The van der Waals surface area contributed by atoms with Crippen LogP contribution >= 0.6 is 0 Å². The highest BCUT2D eigenvalue weighted by molar-refractivity contribution is 6.05. The van der Waals surface area contributed by atoms with Gasteiger partial charge in [-0.15, -0.1) is 0 Å². The van der Waals surface area contributed by atoms with Gasteiger partial charge in [-0.3, -0.25) is 9.59 Å². The van der Waals surface area contributed by atoms with E-state index in [0.717, 1.165) is 0 Å². The number of aromatic carboxylic acids is 1. The molecule has 0 heterocycles. The van der Waals surface area contributed by atoms with Crippen molar-refractivity contribution in [2.24, 2.45) is 11.7 Å². The molecular formula is C13H16N2O4. The number of hydrogen-bond acceptors (Lipinski definition) is 3. The molecule has 1 aromatic rings. The van der Waals surface area contributed by atoms with Crippen LogP contribution in [0.1, 0.15) is 34.6 Å². The van der Waals surface area contributed by atoms with Crippen LogP contribution < -0.4 is 11.1 Å². The van der Waals surface area contributed by atoms with Crippen LogP contribution in [-0.4, -0.2) is 28.9 Å². The first kappa shape index (κ1) is 14.7. The van der Waals surface area contributed by atoms with E-state index in [-0.39, 0.29) is 17.0 Å². The molecule has 0 aliphatic carbocycles. The molecule has 0 radical (unpaired) electrons. The second kappa shape index (κ2) is 5.99. The Morgan fingerprint density at radius 2 is 1.68 bits per heavy atom. The summed E-state index contributed by atoms with van der Waals surface area (Å²) in [6.07, 6.45) is 0. The molecule has 19 heavy (non-hydrogen) atoms. The summed E-state index contributed by atoms with van der Waals surface area (Å²) in [6.45, 7) is 3.47. The van der Waals surface area contributed by atoms with Crippen molar-refractivity contribution in [2.45, 2.75) is 19.9 Å². The maximum Gasteiger partial charge on any atom is 0.336 e. The molecule has 1 rings (SSSR count). The summed E-state index contributed by atoms with van der Waals surface area (Å²) in [6, 6.07) is 4.95. The molecule has 0 bridgehead atoms. The second-order valence-electron chi connectivity index (χ2n) is 4.45. The van der Waals surface area contributed by atoms with Gasteiger partial charge in [0, 0.05) is 0 Å². The quantitative estimate of drug-likeness (QED) is 0.724. The fraction of sp³-hybridized carbons (Fsp3) is 0.308. The number of carboxylic acid groups (broad SMARTS) is 1. The molecular weight excluding hydrogens is 248 g/mol. The second-order valence-corrected chi connectivity index (χ2v) is 4.45. The molecule has 0 saturated heterocycles. The first-order chi connectivity index (χ1) is 8.84. The van der Waals surface area contributed by atoms with E-state index in [0.29, 0.717) is 0 Å². The van der Waals surface area contributed by atoms with E-state index in [9.17, 15) is 14.4 Å². The lowest BCUT2D eigenvalue weighted by atomic mass is 10.0. The number of amides is 2. The average molecular weight is 264 g/mol. The first-order valence-corrected chi connectivity index (χ1v) is 5.77. The van der Waals surface area contributed by atoms with Crippen molar-refractivity contribution in [1.29, 1.82) is 0 Å². The minimum atomic E-state index is -1.20. The van der Waals surface area contributed by atoms with E-state index < -0.39 is 23.8 Å². The fourth-order valence-corrected chi connectivity index (χ4v) is 1.65. The van der Waals surface area contributed by atoms with Crippen LogP contribution in [0.15, 0.2) is 24.3 Å². The summed E-state index contributed by atoms with van der Waals surface area (Å²) < 4.78 is 0. The Bertz CT molecular complexity index is 511. The lowest BCUT2D eigenvalue weighted by molar-refractivity contribution is -0.120. The van der Waals surface area contributed by atoms with E-state index >= 15 is 0 Å². The van der Waals surface area contributed by atoms with Gasteiger partial charge in [0.05, 0.1) is 11.1 Å². The van der Waals surface area contributed by atoms with E-state index in [1.54, 1.807) is 19.9 Å². The number of carboxylic acids is 1. The van der Waals surface area contributed by atoms with Crippen LogP contribution in [0.25, 0.3) is 0 Å². The molecule has 0 aromatic heterocycles. The van der Waals surface area contributed by atoms with Gasteiger partial charge in [0.1, 0.15) is 6.04 Å². The predicted octanol–water partition coefficient (Wildman–Crippen LogP) is 0.624. The van der Waals surface area contributed by atoms with Crippen molar-refractivity contribution in [3.8, 4) is 0 Å². The molecule has 6 nitrogen and oxygen atoms in total. The van der Waals surface area contributed by atoms with Crippen LogP contribution in [0.4, 0.5) is 0 Å². The standard InChI is InChI=1S/C13H16N2O4/c1-7(2)10(11(14)16)15-12(17)8-5-3-4-6-9(8)13(18)19/h3-7,10H,1-2H3,(H2,14,16)(H,15,17)(H,18,19). The summed E-state index contributed by atoms with van der Waals surface area (Å²) in [7, 11) is 0. The van der Waals surface area contributed by atoms with Crippen molar-refractivity contribution < 1.29 is 19.5 Å². The van der Waals surface area contributed by atoms with Gasteiger partial charge in [0.15, 0.2) is 0 Å². The highest BCUT2D eigenvalue weighted by Gasteiger charge is 2.24. The van der Waals surface area contributed by atoms with Crippen LogP contribution in [0.5, 0.6) is 0 Å². The Balaban J connectivity index is 3.01. The number of primary amides is 1. The van der Waals surface area contributed by atoms with Crippen molar-refractivity contribution in [3.05, 3.63) is 35.4 Å². The summed E-state index contributed by atoms with van der Waals surface area (Å²) in [4.78, 5) is 34.2. The first-order valence-electron chi connectivity index (χ1n) is 5.77. The number of nitrogens with two attached hydrogens (primary N) is 1. The topological polar surface area (TPSA) is 109 Å². The van der Waals surface area contributed by atoms with Crippen molar-refractivity contribution >= 4 is 17.8 Å². The van der Waals surface area contributed by atoms with Gasteiger partial charge in [-0.2, -0.15) is 0 Å². The van der Waals surface area contributed by atoms with Gasteiger partial charge in [0.25, 0.3) is 5.91 Å². The lowest BCUT2D eigenvalue weighted by Crippen LogP contribution is -2.47. The predicted molar refractivity (Wildman–Crippen MR) is 68.7 cm³/mol. The molecule has 4 N–H and O–H groups in total. The van der Waals surface area contributed by atoms with Gasteiger partial charge in [-0.25, -0.2) is 4.79 Å². The third-order valence-corrected chi connectivity index (χ3v) is 2.66. The lowest BCUT2D eigenvalue weighted by Gasteiger charge is -2.19. The maximum absolute atomic E-state index is 12.0. The van der Waals surface area contributed by atoms with Gasteiger partial charge in [-0.1, -0.05) is 26.0 Å². The van der Waals surface area contributed by atoms with Crippen molar-refractivity contribution in [3.63, 3.8) is 0 Å². The highest BCUT2D eigenvalue weighted by atomic mass is 16.4. The molecule has 2 amide bonds. The fourth-order valence-electron chi connectivity index (χ4n) is 1.65. The van der Waals surface area contributed by atoms with Crippen LogP contribution in [0, 0.1) is 5.92 Å². The zero-order valence-corrected chi connectivity index (χ0v) is 10.7. The largest absolute Gasteiger partial charge is 0.478 e. The SMILES string of the molecule is CC(C)C(NC(=O)c1ccccc1C(=O)O)C(N)=O. The Morgan fingerprint density at radius 1 is 1.16 bits per heavy atom. The van der Waals surface area contributed by atoms with E-state index in [1.165, 1.54) is 18.2 Å². The van der Waals surface area contributed by atoms with Crippen molar-refractivity contribution in [1.82, 2.24) is 5.32 Å². The number of benzene rings is 1. The molecule has 1 atom stereocenters. The van der Waals surface area contributed by atoms with E-state index in [1.807, 2.05) is 0 Å². The minimum absolute atomic E-state index is 0.00176. The summed E-state index contributed by atoms with van der Waals surface area (Å²) in [5, 5.41) is 11.4. The van der Waals surface area contributed by atoms with Gasteiger partial charge < -0.3 is 16.2 Å². The molecule has 0 fully saturated rings. The normalized spacial score (nSPS) is 11.9. The monoisotopic (exact) mass is 264 g/mol. The van der Waals surface area contributed by atoms with Gasteiger partial charge >= 0.3 is 5.97 Å². The van der Waals surface area contributed by atoms with Crippen LogP contribution in [0.3, 0.4) is 0 Å². The molecule has 0 aliphatic rings. The number of nitrogens with one attached hydrogen (secondary N) is 1. The Morgan fingerprint density at radius 3 is 2.11 bits per heavy atom. The third kappa shape index (κ3) is 3.54. The van der Waals surface area contributed by atoms with Crippen molar-refractivity contribution in [2.75, 3.05) is 0 Å². The number of carbonyl (C=O) groups excluding carboxylic acids is 2. The van der Waals surface area contributed by atoms with Crippen LogP contribution in [-0.2, 0) is 4.79 Å². The summed E-state index contributed by atoms with van der Waals surface area (Å²) in [5.74, 6) is -2.67. The summed E-state index contributed by atoms with van der Waals surface area (Å²) in [5.41, 5.74) is 5.08. The Kier molecular flexibility index (Phi) is 4.63. The number of rotatable bonds is 5. The van der Waals surface area contributed by atoms with E-state index in [4.69, 9.17) is 10.8 Å². The molecule has 0 spiro atoms. The van der Waals surface area contributed by atoms with Crippen LogP contribution in [0.2, 0.25) is 0 Å². The number of hydrogen-bond donors (Lipinski definition) is 3. The average Bonchev–Trinajstić information content (AvgIpc) is 2.34. The molecule has 1 aromatic carbocycles. The highest BCUT2D eigenvalue weighted by Crippen LogP contribution is 2.10. The Labute approximate surface area is 110 Å². The number of carbonyl (C=O) groups is 3. The molecule has 0 aliphatic heterocycles. The minimum Gasteiger partial charge on any atom is -0.478 e. The van der Waals surface area contributed by atoms with Gasteiger partial charge in [0.2, 0.25) is 5.91 Å². The van der Waals surface area contributed by atoms with Gasteiger partial charge in [-0.05, 0) is 18.1 Å². The summed E-state index contributed by atoms with van der Waals surface area (Å²) >= 11 is 0. The Hall–Kier alpha value is -2.37. The zero-order valence-electron chi connectivity index (χ0n) is 10.7. The third-order valence-electron chi connectivity index (χ3n) is 2.66. The molecule has 102 valence electrons. The molecule has 1 unspecified atom stereocenters. The smallest absolute Gasteiger partial charge is 0.336 e. The van der Waals surface area contributed by atoms with E-state index in [2.05, 4.69) is 5.32 Å².